The van der Waals surface area contributed by atoms with Crippen molar-refractivity contribution in [1.29, 1.82) is 0 Å². The lowest BCUT2D eigenvalue weighted by molar-refractivity contribution is -0.150. The molecule has 0 bridgehead atoms. The molecule has 0 spiro atoms. The molecule has 0 aliphatic heterocycles. The molecule has 14 heavy (non-hydrogen) atoms. The fraction of sp³-hybridized carbons (Fsp3) is 0.778. The Labute approximate surface area is 83.6 Å². The van der Waals surface area contributed by atoms with Gasteiger partial charge in [-0.25, -0.2) is 0 Å². The second-order valence-corrected chi connectivity index (χ2v) is 3.98. The first kappa shape index (κ1) is 12.9. The number of aliphatic carboxylic acids is 1. The van der Waals surface area contributed by atoms with Crippen molar-refractivity contribution in [3.63, 3.8) is 0 Å². The van der Waals surface area contributed by atoms with Crippen molar-refractivity contribution < 1.29 is 19.4 Å². The van der Waals surface area contributed by atoms with E-state index in [9.17, 15) is 9.59 Å². The number of carboxylic acids is 1. The minimum absolute atomic E-state index is 0.0927. The highest BCUT2D eigenvalue weighted by atomic mass is 16.5. The standard InChI is InChI=1S/C9H17NO4/c1-9(2,3)10(5-8(12)13)7(11)6-14-4/h5-6H2,1-4H3,(H,12,13). The summed E-state index contributed by atoms with van der Waals surface area (Å²) < 4.78 is 4.68. The van der Waals surface area contributed by atoms with Crippen LogP contribution in [0.3, 0.4) is 0 Å². The molecule has 0 aromatic rings. The first-order chi connectivity index (χ1) is 6.29. The van der Waals surface area contributed by atoms with Gasteiger partial charge in [0, 0.05) is 12.6 Å². The number of methoxy groups -OCH3 is 1. The van der Waals surface area contributed by atoms with Crippen LogP contribution < -0.4 is 0 Å². The molecule has 1 N–H and O–H groups in total. The third kappa shape index (κ3) is 4.23. The van der Waals surface area contributed by atoms with Gasteiger partial charge in [0.25, 0.3) is 0 Å². The molecular formula is C9H17NO4. The molecule has 0 saturated carbocycles. The summed E-state index contributed by atoms with van der Waals surface area (Å²) in [6, 6.07) is 0. The summed E-state index contributed by atoms with van der Waals surface area (Å²) in [6.07, 6.45) is 0. The molecular weight excluding hydrogens is 186 g/mol. The summed E-state index contributed by atoms with van der Waals surface area (Å²) in [5.74, 6) is -1.34. The Bertz CT molecular complexity index is 219. The van der Waals surface area contributed by atoms with Crippen LogP contribution in [0.25, 0.3) is 0 Å². The maximum atomic E-state index is 11.5. The van der Waals surface area contributed by atoms with Gasteiger partial charge in [-0.1, -0.05) is 0 Å². The van der Waals surface area contributed by atoms with Gasteiger partial charge in [0.1, 0.15) is 13.2 Å². The zero-order chi connectivity index (χ0) is 11.4. The van der Waals surface area contributed by atoms with Crippen LogP contribution in [0.1, 0.15) is 20.8 Å². The monoisotopic (exact) mass is 203 g/mol. The predicted octanol–water partition coefficient (Wildman–Crippen LogP) is 0.345. The molecule has 0 unspecified atom stereocenters. The maximum absolute atomic E-state index is 11.5. The van der Waals surface area contributed by atoms with Gasteiger partial charge in [0.05, 0.1) is 0 Å². The Hall–Kier alpha value is -1.10. The highest BCUT2D eigenvalue weighted by molar-refractivity contribution is 5.82. The molecule has 0 fully saturated rings. The van der Waals surface area contributed by atoms with Crippen LogP contribution in [0.4, 0.5) is 0 Å². The number of carbonyl (C=O) groups excluding carboxylic acids is 1. The van der Waals surface area contributed by atoms with E-state index in [1.807, 2.05) is 0 Å². The lowest BCUT2D eigenvalue weighted by atomic mass is 10.1. The normalized spacial score (nSPS) is 11.1. The van der Waals surface area contributed by atoms with Crippen LogP contribution in [0.5, 0.6) is 0 Å². The molecule has 1 amide bonds. The summed E-state index contributed by atoms with van der Waals surface area (Å²) in [5, 5.41) is 8.63. The van der Waals surface area contributed by atoms with Gasteiger partial charge >= 0.3 is 5.97 Å². The van der Waals surface area contributed by atoms with E-state index in [2.05, 4.69) is 4.74 Å². The first-order valence-corrected chi connectivity index (χ1v) is 4.30. The zero-order valence-electron chi connectivity index (χ0n) is 9.03. The number of hydrogen-bond acceptors (Lipinski definition) is 3. The summed E-state index contributed by atoms with van der Waals surface area (Å²) in [5.41, 5.74) is -0.506. The molecule has 0 aliphatic carbocycles. The van der Waals surface area contributed by atoms with E-state index in [1.165, 1.54) is 12.0 Å². The number of hydrogen-bond donors (Lipinski definition) is 1. The summed E-state index contributed by atoms with van der Waals surface area (Å²) in [7, 11) is 1.40. The molecule has 0 rings (SSSR count). The Kier molecular flexibility index (Phi) is 4.56. The van der Waals surface area contributed by atoms with Crippen molar-refractivity contribution in [2.75, 3.05) is 20.3 Å². The molecule has 0 aromatic carbocycles. The van der Waals surface area contributed by atoms with Gasteiger partial charge in [-0.15, -0.1) is 0 Å². The van der Waals surface area contributed by atoms with Crippen LogP contribution in [-0.2, 0) is 14.3 Å². The molecule has 0 atom stereocenters. The molecule has 82 valence electrons. The predicted molar refractivity (Wildman–Crippen MR) is 51.0 cm³/mol. The van der Waals surface area contributed by atoms with E-state index in [-0.39, 0.29) is 19.1 Å². The Morgan fingerprint density at radius 2 is 1.86 bits per heavy atom. The molecule has 5 nitrogen and oxygen atoms in total. The largest absolute Gasteiger partial charge is 0.480 e. The zero-order valence-corrected chi connectivity index (χ0v) is 9.03. The van der Waals surface area contributed by atoms with Gasteiger partial charge in [0.2, 0.25) is 5.91 Å². The van der Waals surface area contributed by atoms with Crippen LogP contribution in [-0.4, -0.2) is 47.7 Å². The lowest BCUT2D eigenvalue weighted by Gasteiger charge is -2.34. The average Bonchev–Trinajstić information content (AvgIpc) is 1.98. The van der Waals surface area contributed by atoms with Gasteiger partial charge in [-0.3, -0.25) is 9.59 Å². The van der Waals surface area contributed by atoms with Crippen molar-refractivity contribution in [2.24, 2.45) is 0 Å². The van der Waals surface area contributed by atoms with Crippen molar-refractivity contribution in [1.82, 2.24) is 4.90 Å². The number of nitrogens with zero attached hydrogens (tertiary/aromatic N) is 1. The fourth-order valence-corrected chi connectivity index (χ4v) is 1.04. The molecule has 5 heteroatoms. The highest BCUT2D eigenvalue weighted by Gasteiger charge is 2.27. The Morgan fingerprint density at radius 1 is 1.36 bits per heavy atom. The number of carbonyl (C=O) groups is 2. The minimum Gasteiger partial charge on any atom is -0.480 e. The molecule has 0 aliphatic rings. The topological polar surface area (TPSA) is 66.8 Å². The highest BCUT2D eigenvalue weighted by Crippen LogP contribution is 2.12. The van der Waals surface area contributed by atoms with Crippen LogP contribution >= 0.6 is 0 Å². The molecule has 0 aromatic heterocycles. The van der Waals surface area contributed by atoms with Gasteiger partial charge < -0.3 is 14.7 Å². The number of carboxylic acid groups (broad SMARTS) is 1. The smallest absolute Gasteiger partial charge is 0.323 e. The van der Waals surface area contributed by atoms with Gasteiger partial charge in [-0.2, -0.15) is 0 Å². The first-order valence-electron chi connectivity index (χ1n) is 4.30. The van der Waals surface area contributed by atoms with E-state index in [1.54, 1.807) is 20.8 Å². The quantitative estimate of drug-likeness (QED) is 0.715. The summed E-state index contributed by atoms with van der Waals surface area (Å²) >= 11 is 0. The SMILES string of the molecule is COCC(=O)N(CC(=O)O)C(C)(C)C. The van der Waals surface area contributed by atoms with E-state index in [4.69, 9.17) is 5.11 Å². The second kappa shape index (κ2) is 4.95. The lowest BCUT2D eigenvalue weighted by Crippen LogP contribution is -2.49. The van der Waals surface area contributed by atoms with Crippen LogP contribution in [0, 0.1) is 0 Å². The van der Waals surface area contributed by atoms with Gasteiger partial charge in [-0.05, 0) is 20.8 Å². The average molecular weight is 203 g/mol. The number of ether oxygens (including phenoxy) is 1. The second-order valence-electron chi connectivity index (χ2n) is 3.98. The van der Waals surface area contributed by atoms with Crippen molar-refractivity contribution >= 4 is 11.9 Å². The molecule has 0 radical (unpaired) electrons. The van der Waals surface area contributed by atoms with E-state index in [0.717, 1.165) is 0 Å². The number of rotatable bonds is 4. The summed E-state index contributed by atoms with van der Waals surface area (Å²) in [6.45, 7) is 4.95. The maximum Gasteiger partial charge on any atom is 0.323 e. The van der Waals surface area contributed by atoms with Crippen LogP contribution in [0.15, 0.2) is 0 Å². The summed E-state index contributed by atoms with van der Waals surface area (Å²) in [4.78, 5) is 23.3. The van der Waals surface area contributed by atoms with E-state index in [0.29, 0.717) is 0 Å². The van der Waals surface area contributed by atoms with Crippen molar-refractivity contribution in [3.8, 4) is 0 Å². The van der Waals surface area contributed by atoms with Crippen molar-refractivity contribution in [2.45, 2.75) is 26.3 Å². The van der Waals surface area contributed by atoms with E-state index < -0.39 is 11.5 Å². The molecule has 0 heterocycles. The van der Waals surface area contributed by atoms with E-state index >= 15 is 0 Å². The third-order valence-electron chi connectivity index (χ3n) is 1.67. The Balaban J connectivity index is 4.55. The fourth-order valence-electron chi connectivity index (χ4n) is 1.04. The van der Waals surface area contributed by atoms with Crippen molar-refractivity contribution in [3.05, 3.63) is 0 Å². The van der Waals surface area contributed by atoms with Gasteiger partial charge in [0.15, 0.2) is 0 Å². The third-order valence-corrected chi connectivity index (χ3v) is 1.67. The van der Waals surface area contributed by atoms with Crippen LogP contribution in [0.2, 0.25) is 0 Å². The number of amides is 1. The molecule has 0 saturated heterocycles. The minimum atomic E-state index is -1.02. The Morgan fingerprint density at radius 3 is 2.14 bits per heavy atom.